The molecular formula is C12H11N3OS. The fourth-order valence-corrected chi connectivity index (χ4v) is 2.56. The van der Waals surface area contributed by atoms with Gasteiger partial charge in [-0.15, -0.1) is 11.3 Å². The number of amides is 1. The number of anilines is 1. The molecule has 4 nitrogen and oxygen atoms in total. The molecule has 1 aliphatic rings. The van der Waals surface area contributed by atoms with E-state index in [-0.39, 0.29) is 5.91 Å². The van der Waals surface area contributed by atoms with Gasteiger partial charge in [-0.25, -0.2) is 4.98 Å². The fourth-order valence-electron chi connectivity index (χ4n) is 1.99. The molecule has 1 aliphatic heterocycles. The molecule has 3 N–H and O–H groups in total. The van der Waals surface area contributed by atoms with Crippen molar-refractivity contribution in [2.75, 3.05) is 12.3 Å². The van der Waals surface area contributed by atoms with Crippen molar-refractivity contribution in [2.45, 2.75) is 6.42 Å². The number of fused-ring (bicyclic) bond motifs is 1. The minimum absolute atomic E-state index is 0.00342. The molecule has 0 saturated carbocycles. The van der Waals surface area contributed by atoms with Crippen LogP contribution in [0.15, 0.2) is 23.6 Å². The molecular weight excluding hydrogens is 234 g/mol. The van der Waals surface area contributed by atoms with Gasteiger partial charge < -0.3 is 11.1 Å². The maximum Gasteiger partial charge on any atom is 0.251 e. The number of rotatable bonds is 1. The molecule has 5 heteroatoms. The number of nitrogen functional groups attached to an aromatic ring is 1. The van der Waals surface area contributed by atoms with Gasteiger partial charge in [-0.2, -0.15) is 0 Å². The summed E-state index contributed by atoms with van der Waals surface area (Å²) in [5.74, 6) is -0.00342. The first-order valence-corrected chi connectivity index (χ1v) is 6.24. The SMILES string of the molecule is Nc1nc(-c2ccc3c(c2)C(=O)NCC3)cs1. The Hall–Kier alpha value is -1.88. The van der Waals surface area contributed by atoms with Gasteiger partial charge in [-0.1, -0.05) is 12.1 Å². The Labute approximate surface area is 102 Å². The average molecular weight is 245 g/mol. The lowest BCUT2D eigenvalue weighted by Gasteiger charge is -2.16. The van der Waals surface area contributed by atoms with E-state index in [1.807, 2.05) is 23.6 Å². The van der Waals surface area contributed by atoms with Gasteiger partial charge in [-0.05, 0) is 18.1 Å². The van der Waals surface area contributed by atoms with Crippen molar-refractivity contribution in [3.05, 3.63) is 34.7 Å². The topological polar surface area (TPSA) is 68.0 Å². The first-order chi connectivity index (χ1) is 8.24. The van der Waals surface area contributed by atoms with Crippen LogP contribution in [0.4, 0.5) is 5.13 Å². The zero-order valence-electron chi connectivity index (χ0n) is 9.06. The Morgan fingerprint density at radius 3 is 3.06 bits per heavy atom. The van der Waals surface area contributed by atoms with Crippen LogP contribution in [-0.4, -0.2) is 17.4 Å². The van der Waals surface area contributed by atoms with Crippen LogP contribution in [0.25, 0.3) is 11.3 Å². The zero-order chi connectivity index (χ0) is 11.8. The second-order valence-corrected chi connectivity index (χ2v) is 4.84. The Bertz CT molecular complexity index is 591. The molecule has 3 rings (SSSR count). The minimum Gasteiger partial charge on any atom is -0.375 e. The Morgan fingerprint density at radius 1 is 1.41 bits per heavy atom. The first kappa shape index (κ1) is 10.3. The molecule has 2 aromatic rings. The monoisotopic (exact) mass is 245 g/mol. The van der Waals surface area contributed by atoms with Crippen LogP contribution < -0.4 is 11.1 Å². The van der Waals surface area contributed by atoms with Crippen molar-refractivity contribution in [1.82, 2.24) is 10.3 Å². The summed E-state index contributed by atoms with van der Waals surface area (Å²) >= 11 is 1.40. The van der Waals surface area contributed by atoms with E-state index >= 15 is 0 Å². The van der Waals surface area contributed by atoms with Gasteiger partial charge in [0.2, 0.25) is 0 Å². The molecule has 0 unspecified atom stereocenters. The third-order valence-corrected chi connectivity index (χ3v) is 3.53. The second-order valence-electron chi connectivity index (χ2n) is 3.95. The van der Waals surface area contributed by atoms with Gasteiger partial charge in [0.15, 0.2) is 5.13 Å². The van der Waals surface area contributed by atoms with Crippen LogP contribution in [0.1, 0.15) is 15.9 Å². The summed E-state index contributed by atoms with van der Waals surface area (Å²) in [7, 11) is 0. The quantitative estimate of drug-likeness (QED) is 0.803. The Kier molecular flexibility index (Phi) is 2.33. The van der Waals surface area contributed by atoms with Gasteiger partial charge >= 0.3 is 0 Å². The highest BCUT2D eigenvalue weighted by atomic mass is 32.1. The summed E-state index contributed by atoms with van der Waals surface area (Å²) in [6.45, 7) is 0.717. The third kappa shape index (κ3) is 1.78. The molecule has 0 saturated heterocycles. The van der Waals surface area contributed by atoms with Crippen molar-refractivity contribution in [2.24, 2.45) is 0 Å². The van der Waals surface area contributed by atoms with E-state index < -0.39 is 0 Å². The number of aromatic nitrogens is 1. The molecule has 86 valence electrons. The number of carbonyl (C=O) groups excluding carboxylic acids is 1. The van der Waals surface area contributed by atoms with Crippen LogP contribution >= 0.6 is 11.3 Å². The highest BCUT2D eigenvalue weighted by Gasteiger charge is 2.17. The second kappa shape index (κ2) is 3.85. The summed E-state index contributed by atoms with van der Waals surface area (Å²) in [5, 5.41) is 5.28. The highest BCUT2D eigenvalue weighted by molar-refractivity contribution is 7.13. The lowest BCUT2D eigenvalue weighted by molar-refractivity contribution is 0.0946. The normalized spacial score (nSPS) is 14.2. The maximum atomic E-state index is 11.7. The van der Waals surface area contributed by atoms with Gasteiger partial charge in [0, 0.05) is 23.1 Å². The molecule has 0 bridgehead atoms. The lowest BCUT2D eigenvalue weighted by Crippen LogP contribution is -2.31. The zero-order valence-corrected chi connectivity index (χ0v) is 9.88. The number of nitrogens with zero attached hydrogens (tertiary/aromatic N) is 1. The van der Waals surface area contributed by atoms with Crippen LogP contribution in [0.2, 0.25) is 0 Å². The van der Waals surface area contributed by atoms with Crippen molar-refractivity contribution < 1.29 is 4.79 Å². The van der Waals surface area contributed by atoms with E-state index in [1.54, 1.807) is 0 Å². The number of nitrogens with two attached hydrogens (primary N) is 1. The number of hydrogen-bond acceptors (Lipinski definition) is 4. The third-order valence-electron chi connectivity index (χ3n) is 2.85. The van der Waals surface area contributed by atoms with E-state index in [2.05, 4.69) is 10.3 Å². The highest BCUT2D eigenvalue weighted by Crippen LogP contribution is 2.26. The van der Waals surface area contributed by atoms with Crippen LogP contribution in [-0.2, 0) is 6.42 Å². The molecule has 0 radical (unpaired) electrons. The summed E-state index contributed by atoms with van der Waals surface area (Å²) < 4.78 is 0. The molecule has 0 aliphatic carbocycles. The molecule has 0 spiro atoms. The van der Waals surface area contributed by atoms with E-state index in [9.17, 15) is 4.79 Å². The summed E-state index contributed by atoms with van der Waals surface area (Å²) in [6, 6.07) is 5.88. The Morgan fingerprint density at radius 2 is 2.29 bits per heavy atom. The van der Waals surface area contributed by atoms with E-state index in [0.29, 0.717) is 5.13 Å². The molecule has 1 amide bonds. The lowest BCUT2D eigenvalue weighted by atomic mass is 9.97. The number of thiazole rings is 1. The predicted molar refractivity (Wildman–Crippen MR) is 68.0 cm³/mol. The van der Waals surface area contributed by atoms with Crippen LogP contribution in [0, 0.1) is 0 Å². The van der Waals surface area contributed by atoms with Crippen LogP contribution in [0.5, 0.6) is 0 Å². The number of nitrogens with one attached hydrogen (secondary N) is 1. The number of benzene rings is 1. The van der Waals surface area contributed by atoms with E-state index in [1.165, 1.54) is 11.3 Å². The smallest absolute Gasteiger partial charge is 0.251 e. The number of carbonyl (C=O) groups is 1. The predicted octanol–water partition coefficient (Wildman–Crippen LogP) is 1.68. The van der Waals surface area contributed by atoms with Crippen molar-refractivity contribution in [3.63, 3.8) is 0 Å². The summed E-state index contributed by atoms with van der Waals surface area (Å²) in [4.78, 5) is 15.9. The largest absolute Gasteiger partial charge is 0.375 e. The van der Waals surface area contributed by atoms with Gasteiger partial charge in [0.25, 0.3) is 5.91 Å². The minimum atomic E-state index is -0.00342. The van der Waals surface area contributed by atoms with Crippen molar-refractivity contribution in [3.8, 4) is 11.3 Å². The molecule has 1 aromatic heterocycles. The van der Waals surface area contributed by atoms with Crippen LogP contribution in [0.3, 0.4) is 0 Å². The molecule has 2 heterocycles. The summed E-state index contributed by atoms with van der Waals surface area (Å²) in [6.07, 6.45) is 0.889. The average Bonchev–Trinajstić information content (AvgIpc) is 2.76. The Balaban J connectivity index is 2.08. The van der Waals surface area contributed by atoms with Gasteiger partial charge in [-0.3, -0.25) is 4.79 Å². The van der Waals surface area contributed by atoms with E-state index in [4.69, 9.17) is 5.73 Å². The molecule has 0 atom stereocenters. The van der Waals surface area contributed by atoms with Crippen molar-refractivity contribution in [1.29, 1.82) is 0 Å². The van der Waals surface area contributed by atoms with Crippen molar-refractivity contribution >= 4 is 22.4 Å². The maximum absolute atomic E-state index is 11.7. The fraction of sp³-hybridized carbons (Fsp3) is 0.167. The molecule has 0 fully saturated rings. The molecule has 17 heavy (non-hydrogen) atoms. The molecule has 1 aromatic carbocycles. The number of hydrogen-bond donors (Lipinski definition) is 2. The first-order valence-electron chi connectivity index (χ1n) is 5.36. The van der Waals surface area contributed by atoms with E-state index in [0.717, 1.165) is 35.3 Å². The summed E-state index contributed by atoms with van der Waals surface area (Å²) in [5.41, 5.74) is 9.22. The standard InChI is InChI=1S/C12H11N3OS/c13-12-15-10(6-17-12)8-2-1-7-3-4-14-11(16)9(7)5-8/h1-2,5-6H,3-4H2,(H2,13,15)(H,14,16). The van der Waals surface area contributed by atoms with Gasteiger partial charge in [0.05, 0.1) is 5.69 Å². The van der Waals surface area contributed by atoms with Gasteiger partial charge in [0.1, 0.15) is 0 Å².